The molecule has 0 saturated carbocycles. The molecule has 1 unspecified atom stereocenters. The van der Waals surface area contributed by atoms with Crippen molar-refractivity contribution in [3.05, 3.63) is 22.9 Å². The molecule has 0 amide bonds. The van der Waals surface area contributed by atoms with Gasteiger partial charge in [-0.25, -0.2) is 4.98 Å². The lowest BCUT2D eigenvalue weighted by atomic mass is 10.1. The summed E-state index contributed by atoms with van der Waals surface area (Å²) in [6, 6.07) is 4.04. The lowest BCUT2D eigenvalue weighted by Gasteiger charge is -2.14. The molecule has 0 aliphatic carbocycles. The van der Waals surface area contributed by atoms with Gasteiger partial charge in [-0.3, -0.25) is 4.79 Å². The number of ether oxygens (including phenoxy) is 1. The van der Waals surface area contributed by atoms with Crippen LogP contribution in [-0.2, 0) is 9.53 Å². The number of hydrogen-bond acceptors (Lipinski definition) is 5. The Bertz CT molecular complexity index is 523. The summed E-state index contributed by atoms with van der Waals surface area (Å²) in [6.45, 7) is 8.09. The van der Waals surface area contributed by atoms with Crippen LogP contribution in [0.5, 0.6) is 0 Å². The number of rotatable bonds is 6. The van der Waals surface area contributed by atoms with Gasteiger partial charge in [0.05, 0.1) is 12.2 Å². The third kappa shape index (κ3) is 4.24. The molecular formula is C15H20N2O2S. The maximum Gasteiger partial charge on any atom is 0.319 e. The number of aryl methyl sites for hydroxylation is 2. The van der Waals surface area contributed by atoms with E-state index in [2.05, 4.69) is 11.1 Å². The van der Waals surface area contributed by atoms with Gasteiger partial charge in [-0.05, 0) is 38.3 Å². The zero-order valence-electron chi connectivity index (χ0n) is 12.4. The highest BCUT2D eigenvalue weighted by Crippen LogP contribution is 2.29. The van der Waals surface area contributed by atoms with Crippen LogP contribution in [0.3, 0.4) is 0 Å². The molecule has 0 radical (unpaired) electrons. The highest BCUT2D eigenvalue weighted by Gasteiger charge is 2.22. The first-order chi connectivity index (χ1) is 9.53. The molecule has 1 heterocycles. The van der Waals surface area contributed by atoms with Crippen LogP contribution in [0.4, 0.5) is 0 Å². The zero-order valence-corrected chi connectivity index (χ0v) is 13.2. The van der Waals surface area contributed by atoms with E-state index in [9.17, 15) is 10.1 Å². The van der Waals surface area contributed by atoms with Crippen molar-refractivity contribution in [3.63, 3.8) is 0 Å². The Morgan fingerprint density at radius 3 is 2.75 bits per heavy atom. The SMILES string of the molecule is CCCOC(=O)C(CC)Sc1nc(C)cc(C)c1C#N. The molecule has 0 aromatic carbocycles. The molecule has 0 aliphatic heterocycles. The second-order valence-corrected chi connectivity index (χ2v) is 5.75. The first kappa shape index (κ1) is 16.5. The van der Waals surface area contributed by atoms with E-state index in [4.69, 9.17) is 4.74 Å². The first-order valence-corrected chi connectivity index (χ1v) is 7.63. The number of nitriles is 1. The van der Waals surface area contributed by atoms with Crippen LogP contribution in [0, 0.1) is 25.2 Å². The van der Waals surface area contributed by atoms with Gasteiger partial charge in [0.15, 0.2) is 0 Å². The number of hydrogen-bond donors (Lipinski definition) is 0. The zero-order chi connectivity index (χ0) is 15.1. The molecule has 0 bridgehead atoms. The number of carbonyl (C=O) groups is 1. The van der Waals surface area contributed by atoms with Crippen LogP contribution < -0.4 is 0 Å². The summed E-state index contributed by atoms with van der Waals surface area (Å²) in [7, 11) is 0. The van der Waals surface area contributed by atoms with E-state index in [-0.39, 0.29) is 11.2 Å². The summed E-state index contributed by atoms with van der Waals surface area (Å²) in [5.74, 6) is -0.232. The van der Waals surface area contributed by atoms with Crippen LogP contribution in [0.1, 0.15) is 43.5 Å². The van der Waals surface area contributed by atoms with Crippen LogP contribution in [0.15, 0.2) is 11.1 Å². The molecule has 1 aromatic heterocycles. The van der Waals surface area contributed by atoms with Gasteiger partial charge in [-0.1, -0.05) is 25.6 Å². The van der Waals surface area contributed by atoms with Gasteiger partial charge in [-0.2, -0.15) is 5.26 Å². The standard InChI is InChI=1S/C15H20N2O2S/c1-5-7-19-15(18)13(6-2)20-14-12(9-16)10(3)8-11(4)17-14/h8,13H,5-7H2,1-4H3. The van der Waals surface area contributed by atoms with E-state index in [0.717, 1.165) is 17.7 Å². The molecule has 0 saturated heterocycles. The predicted molar refractivity (Wildman–Crippen MR) is 79.6 cm³/mol. The maximum absolute atomic E-state index is 12.0. The van der Waals surface area contributed by atoms with Crippen LogP contribution >= 0.6 is 11.8 Å². The molecule has 1 aromatic rings. The van der Waals surface area contributed by atoms with Crippen LogP contribution in [-0.4, -0.2) is 22.8 Å². The van der Waals surface area contributed by atoms with Crippen molar-refractivity contribution >= 4 is 17.7 Å². The van der Waals surface area contributed by atoms with Crippen molar-refractivity contribution < 1.29 is 9.53 Å². The molecule has 1 rings (SSSR count). The van der Waals surface area contributed by atoms with Gasteiger partial charge in [0, 0.05) is 5.69 Å². The molecule has 0 spiro atoms. The van der Waals surface area contributed by atoms with Crippen molar-refractivity contribution in [2.45, 2.75) is 50.8 Å². The van der Waals surface area contributed by atoms with Gasteiger partial charge in [0.25, 0.3) is 0 Å². The third-order valence-corrected chi connectivity index (χ3v) is 4.09. The van der Waals surface area contributed by atoms with Crippen LogP contribution in [0.25, 0.3) is 0 Å². The molecule has 108 valence electrons. The number of aromatic nitrogens is 1. The summed E-state index contributed by atoms with van der Waals surface area (Å²) in [6.07, 6.45) is 1.45. The average Bonchev–Trinajstić information content (AvgIpc) is 2.41. The van der Waals surface area contributed by atoms with Crippen molar-refractivity contribution in [1.82, 2.24) is 4.98 Å². The van der Waals surface area contributed by atoms with Crippen molar-refractivity contribution in [2.75, 3.05) is 6.61 Å². The topological polar surface area (TPSA) is 63.0 Å². The largest absolute Gasteiger partial charge is 0.465 e. The number of nitrogens with zero attached hydrogens (tertiary/aromatic N) is 2. The fourth-order valence-electron chi connectivity index (χ4n) is 1.75. The lowest BCUT2D eigenvalue weighted by molar-refractivity contribution is -0.143. The Morgan fingerprint density at radius 1 is 1.50 bits per heavy atom. The molecule has 4 nitrogen and oxygen atoms in total. The molecule has 20 heavy (non-hydrogen) atoms. The van der Waals surface area contributed by atoms with Crippen molar-refractivity contribution in [2.24, 2.45) is 0 Å². The monoisotopic (exact) mass is 292 g/mol. The Hall–Kier alpha value is -1.54. The minimum absolute atomic E-state index is 0.232. The maximum atomic E-state index is 12.0. The Labute approximate surface area is 124 Å². The highest BCUT2D eigenvalue weighted by molar-refractivity contribution is 8.00. The van der Waals surface area contributed by atoms with Gasteiger partial charge < -0.3 is 4.74 Å². The fraction of sp³-hybridized carbons (Fsp3) is 0.533. The molecule has 5 heteroatoms. The van der Waals surface area contributed by atoms with E-state index >= 15 is 0 Å². The average molecular weight is 292 g/mol. The molecule has 0 N–H and O–H groups in total. The van der Waals surface area contributed by atoms with Gasteiger partial charge in [0.1, 0.15) is 16.3 Å². The minimum Gasteiger partial charge on any atom is -0.465 e. The molecular weight excluding hydrogens is 272 g/mol. The summed E-state index contributed by atoms with van der Waals surface area (Å²) < 4.78 is 5.18. The molecule has 1 atom stereocenters. The number of thioether (sulfide) groups is 1. The minimum atomic E-state index is -0.317. The fourth-order valence-corrected chi connectivity index (χ4v) is 2.87. The highest BCUT2D eigenvalue weighted by atomic mass is 32.2. The van der Waals surface area contributed by atoms with E-state index in [0.29, 0.717) is 23.6 Å². The smallest absolute Gasteiger partial charge is 0.319 e. The summed E-state index contributed by atoms with van der Waals surface area (Å²) >= 11 is 1.32. The lowest BCUT2D eigenvalue weighted by Crippen LogP contribution is -2.20. The Morgan fingerprint density at radius 2 is 2.20 bits per heavy atom. The van der Waals surface area contributed by atoms with Gasteiger partial charge in [-0.15, -0.1) is 0 Å². The van der Waals surface area contributed by atoms with E-state index < -0.39 is 0 Å². The Balaban J connectivity index is 2.95. The first-order valence-electron chi connectivity index (χ1n) is 6.75. The summed E-state index contributed by atoms with van der Waals surface area (Å²) in [5.41, 5.74) is 2.28. The van der Waals surface area contributed by atoms with Crippen molar-refractivity contribution in [1.29, 1.82) is 5.26 Å². The van der Waals surface area contributed by atoms with Crippen LogP contribution in [0.2, 0.25) is 0 Å². The molecule has 0 fully saturated rings. The second-order valence-electron chi connectivity index (χ2n) is 4.55. The Kier molecular flexibility index (Phi) is 6.53. The number of carbonyl (C=O) groups excluding carboxylic acids is 1. The van der Waals surface area contributed by atoms with E-state index in [1.807, 2.05) is 33.8 Å². The quantitative estimate of drug-likeness (QED) is 0.594. The summed E-state index contributed by atoms with van der Waals surface area (Å²) in [5, 5.41) is 9.54. The molecule has 0 aliphatic rings. The number of esters is 1. The second kappa shape index (κ2) is 7.91. The number of pyridine rings is 1. The van der Waals surface area contributed by atoms with Gasteiger partial charge in [0.2, 0.25) is 0 Å². The van der Waals surface area contributed by atoms with E-state index in [1.165, 1.54) is 11.8 Å². The van der Waals surface area contributed by atoms with Gasteiger partial charge >= 0.3 is 5.97 Å². The third-order valence-electron chi connectivity index (χ3n) is 2.76. The normalized spacial score (nSPS) is 11.8. The predicted octanol–water partition coefficient (Wildman–Crippen LogP) is 3.39. The van der Waals surface area contributed by atoms with E-state index in [1.54, 1.807) is 0 Å². The van der Waals surface area contributed by atoms with Crippen molar-refractivity contribution in [3.8, 4) is 6.07 Å². The summed E-state index contributed by atoms with van der Waals surface area (Å²) in [4.78, 5) is 16.3.